The normalized spacial score (nSPS) is 12.8. The van der Waals surface area contributed by atoms with E-state index in [0.29, 0.717) is 0 Å². The van der Waals surface area contributed by atoms with Crippen LogP contribution < -0.4 is 5.09 Å². The number of aliphatic hydroxyl groups is 1. The molecule has 0 fully saturated rings. The van der Waals surface area contributed by atoms with Crippen LogP contribution in [-0.2, 0) is 6.42 Å². The lowest BCUT2D eigenvalue weighted by molar-refractivity contribution is 0.258. The summed E-state index contributed by atoms with van der Waals surface area (Å²) < 4.78 is 0. The van der Waals surface area contributed by atoms with E-state index in [1.165, 1.54) is 5.56 Å². The Labute approximate surface area is 75.3 Å². The van der Waals surface area contributed by atoms with Crippen molar-refractivity contribution in [2.24, 2.45) is 0 Å². The molecule has 3 heteroatoms. The van der Waals surface area contributed by atoms with Gasteiger partial charge >= 0.3 is 0 Å². The van der Waals surface area contributed by atoms with Gasteiger partial charge in [0.1, 0.15) is 0 Å². The van der Waals surface area contributed by atoms with Crippen LogP contribution in [0.1, 0.15) is 5.56 Å². The van der Waals surface area contributed by atoms with Crippen LogP contribution in [0.25, 0.3) is 0 Å². The Morgan fingerprint density at radius 2 is 2.00 bits per heavy atom. The van der Waals surface area contributed by atoms with E-state index in [0.717, 1.165) is 6.42 Å². The standard InChI is InChI=1S/C9H14NOP/c11-7-9(10-12)6-8-4-2-1-3-5-8/h1-5,9-11H,6-7,12H2/t9-/m1/s1. The van der Waals surface area contributed by atoms with Crippen molar-refractivity contribution in [2.45, 2.75) is 12.5 Å². The molecule has 0 saturated heterocycles. The molecular formula is C9H14NOP. The van der Waals surface area contributed by atoms with Crippen LogP contribution in [0.2, 0.25) is 0 Å². The van der Waals surface area contributed by atoms with Gasteiger partial charge in [0.2, 0.25) is 0 Å². The van der Waals surface area contributed by atoms with Crippen molar-refractivity contribution in [2.75, 3.05) is 6.61 Å². The smallest absolute Gasteiger partial charge is 0.0590 e. The molecule has 0 radical (unpaired) electrons. The third-order valence-electron chi connectivity index (χ3n) is 1.78. The fraction of sp³-hybridized carbons (Fsp3) is 0.333. The van der Waals surface area contributed by atoms with Crippen molar-refractivity contribution in [3.05, 3.63) is 35.9 Å². The molecule has 0 bridgehead atoms. The zero-order valence-electron chi connectivity index (χ0n) is 6.90. The molecule has 0 heterocycles. The maximum atomic E-state index is 8.91. The van der Waals surface area contributed by atoms with Crippen LogP contribution >= 0.6 is 9.39 Å². The lowest BCUT2D eigenvalue weighted by Crippen LogP contribution is -2.26. The average molecular weight is 183 g/mol. The first-order chi connectivity index (χ1) is 5.86. The van der Waals surface area contributed by atoms with Crippen LogP contribution in [0.15, 0.2) is 30.3 Å². The Balaban J connectivity index is 2.51. The van der Waals surface area contributed by atoms with E-state index in [1.807, 2.05) is 18.2 Å². The first kappa shape index (κ1) is 9.66. The molecule has 0 aliphatic carbocycles. The maximum absolute atomic E-state index is 8.91. The predicted molar refractivity (Wildman–Crippen MR) is 53.9 cm³/mol. The summed E-state index contributed by atoms with van der Waals surface area (Å²) in [6, 6.07) is 10.3. The molecule has 0 aliphatic heterocycles. The Morgan fingerprint density at radius 1 is 1.33 bits per heavy atom. The fourth-order valence-electron chi connectivity index (χ4n) is 1.07. The molecule has 1 aromatic rings. The molecule has 66 valence electrons. The zero-order chi connectivity index (χ0) is 8.81. The minimum absolute atomic E-state index is 0.136. The summed E-state index contributed by atoms with van der Waals surface area (Å²) in [6.45, 7) is 0.165. The van der Waals surface area contributed by atoms with Gasteiger partial charge in [0.05, 0.1) is 6.61 Å². The Kier molecular flexibility index (Phi) is 4.23. The van der Waals surface area contributed by atoms with Crippen molar-refractivity contribution in [1.29, 1.82) is 0 Å². The fourth-order valence-corrected chi connectivity index (χ4v) is 1.30. The van der Waals surface area contributed by atoms with Gasteiger partial charge in [-0.15, -0.1) is 0 Å². The van der Waals surface area contributed by atoms with Crippen LogP contribution in [0, 0.1) is 0 Å². The molecule has 2 atom stereocenters. The van der Waals surface area contributed by atoms with E-state index in [2.05, 4.69) is 26.6 Å². The van der Waals surface area contributed by atoms with Crippen molar-refractivity contribution >= 4 is 9.39 Å². The summed E-state index contributed by atoms with van der Waals surface area (Å²) in [5.41, 5.74) is 1.24. The van der Waals surface area contributed by atoms with E-state index in [4.69, 9.17) is 5.11 Å². The molecule has 2 nitrogen and oxygen atoms in total. The lowest BCUT2D eigenvalue weighted by atomic mass is 10.1. The SMILES string of the molecule is OC[C@@H](Cc1ccccc1)NP. The van der Waals surface area contributed by atoms with Crippen molar-refractivity contribution < 1.29 is 5.11 Å². The summed E-state index contributed by atoms with van der Waals surface area (Å²) in [6.07, 6.45) is 0.862. The van der Waals surface area contributed by atoms with Crippen molar-refractivity contribution in [3.63, 3.8) is 0 Å². The molecule has 12 heavy (non-hydrogen) atoms. The third kappa shape index (κ3) is 2.90. The molecule has 0 aromatic heterocycles. The van der Waals surface area contributed by atoms with E-state index in [9.17, 15) is 0 Å². The lowest BCUT2D eigenvalue weighted by Gasteiger charge is -2.11. The predicted octanol–water partition coefficient (Wildman–Crippen LogP) is 0.970. The van der Waals surface area contributed by atoms with E-state index < -0.39 is 0 Å². The average Bonchev–Trinajstić information content (AvgIpc) is 2.16. The van der Waals surface area contributed by atoms with Gasteiger partial charge in [0.15, 0.2) is 0 Å². The quantitative estimate of drug-likeness (QED) is 0.682. The molecule has 0 aliphatic rings. The molecule has 1 unspecified atom stereocenters. The van der Waals surface area contributed by atoms with Gasteiger partial charge in [-0.3, -0.25) is 5.09 Å². The molecule has 0 saturated carbocycles. The van der Waals surface area contributed by atoms with Gasteiger partial charge in [0.25, 0.3) is 0 Å². The Morgan fingerprint density at radius 3 is 2.50 bits per heavy atom. The van der Waals surface area contributed by atoms with E-state index in [-0.39, 0.29) is 12.6 Å². The number of aliphatic hydroxyl groups excluding tert-OH is 1. The second-order valence-corrected chi connectivity index (χ2v) is 3.07. The van der Waals surface area contributed by atoms with Gasteiger partial charge in [-0.1, -0.05) is 39.7 Å². The molecule has 1 aromatic carbocycles. The van der Waals surface area contributed by atoms with Gasteiger partial charge in [-0.2, -0.15) is 0 Å². The summed E-state index contributed by atoms with van der Waals surface area (Å²) in [7, 11) is 2.42. The summed E-state index contributed by atoms with van der Waals surface area (Å²) in [4.78, 5) is 0. The Bertz CT molecular complexity index is 211. The second kappa shape index (κ2) is 5.26. The van der Waals surface area contributed by atoms with Gasteiger partial charge in [-0.05, 0) is 12.0 Å². The first-order valence-corrected chi connectivity index (χ1v) is 4.55. The molecular weight excluding hydrogens is 169 g/mol. The number of hydrogen-bond acceptors (Lipinski definition) is 2. The molecule has 0 amide bonds. The van der Waals surface area contributed by atoms with Gasteiger partial charge < -0.3 is 5.11 Å². The second-order valence-electron chi connectivity index (χ2n) is 2.74. The summed E-state index contributed by atoms with van der Waals surface area (Å²) in [5.74, 6) is 0. The summed E-state index contributed by atoms with van der Waals surface area (Å²) in [5, 5.41) is 11.9. The monoisotopic (exact) mass is 183 g/mol. The molecule has 0 spiro atoms. The highest BCUT2D eigenvalue weighted by Gasteiger charge is 2.03. The highest BCUT2D eigenvalue weighted by Crippen LogP contribution is 2.03. The van der Waals surface area contributed by atoms with Crippen LogP contribution in [-0.4, -0.2) is 17.8 Å². The number of rotatable bonds is 4. The number of benzene rings is 1. The van der Waals surface area contributed by atoms with Crippen LogP contribution in [0.4, 0.5) is 0 Å². The highest BCUT2D eigenvalue weighted by atomic mass is 31.0. The number of nitrogens with one attached hydrogen (secondary N) is 1. The van der Waals surface area contributed by atoms with E-state index in [1.54, 1.807) is 0 Å². The van der Waals surface area contributed by atoms with Crippen molar-refractivity contribution in [1.82, 2.24) is 5.09 Å². The Hall–Kier alpha value is -0.430. The minimum atomic E-state index is 0.136. The van der Waals surface area contributed by atoms with Gasteiger partial charge in [-0.25, -0.2) is 0 Å². The minimum Gasteiger partial charge on any atom is -0.395 e. The molecule has 2 N–H and O–H groups in total. The van der Waals surface area contributed by atoms with E-state index >= 15 is 0 Å². The van der Waals surface area contributed by atoms with Crippen molar-refractivity contribution in [3.8, 4) is 0 Å². The molecule has 1 rings (SSSR count). The van der Waals surface area contributed by atoms with Crippen LogP contribution in [0.3, 0.4) is 0 Å². The first-order valence-electron chi connectivity index (χ1n) is 3.97. The topological polar surface area (TPSA) is 32.3 Å². The third-order valence-corrected chi connectivity index (χ3v) is 2.25. The maximum Gasteiger partial charge on any atom is 0.0590 e. The zero-order valence-corrected chi connectivity index (χ0v) is 8.06. The largest absolute Gasteiger partial charge is 0.395 e. The summed E-state index contributed by atoms with van der Waals surface area (Å²) >= 11 is 0. The van der Waals surface area contributed by atoms with Gasteiger partial charge in [0, 0.05) is 6.04 Å². The highest BCUT2D eigenvalue weighted by molar-refractivity contribution is 7.13. The van der Waals surface area contributed by atoms with Crippen LogP contribution in [0.5, 0.6) is 0 Å². The number of hydrogen-bond donors (Lipinski definition) is 2.